The molecule has 0 aromatic heterocycles. The number of nitrogens with one attached hydrogen (secondary N) is 2. The SMILES string of the molecule is C.CNC(=O)C(CC(=O)O)SC.CNC(=O)CC(SC)C(=O)O. The van der Waals surface area contributed by atoms with E-state index in [2.05, 4.69) is 10.6 Å². The molecule has 0 rings (SSSR count). The molecule has 0 aromatic rings. The maximum absolute atomic E-state index is 10.9. The summed E-state index contributed by atoms with van der Waals surface area (Å²) in [5, 5.41) is 20.5. The van der Waals surface area contributed by atoms with Gasteiger partial charge in [0, 0.05) is 20.5 Å². The first-order chi connectivity index (χ1) is 10.2. The third-order valence-corrected chi connectivity index (χ3v) is 4.28. The fraction of sp³-hybridized carbons (Fsp3) is 0.692. The van der Waals surface area contributed by atoms with E-state index in [0.717, 1.165) is 11.8 Å². The Kier molecular flexibility index (Phi) is 17.8. The van der Waals surface area contributed by atoms with Gasteiger partial charge in [-0.25, -0.2) is 0 Å². The van der Waals surface area contributed by atoms with E-state index in [-0.39, 0.29) is 32.1 Å². The van der Waals surface area contributed by atoms with Crippen LogP contribution in [0, 0.1) is 0 Å². The van der Waals surface area contributed by atoms with Gasteiger partial charge >= 0.3 is 11.9 Å². The molecule has 2 atom stereocenters. The van der Waals surface area contributed by atoms with E-state index < -0.39 is 22.4 Å². The summed E-state index contributed by atoms with van der Waals surface area (Å²) in [7, 11) is 2.98. The highest BCUT2D eigenvalue weighted by Gasteiger charge is 2.19. The van der Waals surface area contributed by atoms with Crippen LogP contribution in [0.4, 0.5) is 0 Å². The van der Waals surface area contributed by atoms with Crippen LogP contribution in [0.5, 0.6) is 0 Å². The molecule has 2 unspecified atom stereocenters. The molecule has 0 heterocycles. The number of carboxylic acids is 2. The third kappa shape index (κ3) is 13.9. The van der Waals surface area contributed by atoms with E-state index in [1.807, 2.05) is 0 Å². The largest absolute Gasteiger partial charge is 0.481 e. The number of aliphatic carboxylic acids is 2. The second kappa shape index (κ2) is 15.5. The molecule has 0 radical (unpaired) electrons. The Bertz CT molecular complexity index is 393. The number of carbonyl (C=O) groups excluding carboxylic acids is 2. The molecule has 0 spiro atoms. The summed E-state index contributed by atoms with van der Waals surface area (Å²) >= 11 is 2.40. The monoisotopic (exact) mass is 370 g/mol. The van der Waals surface area contributed by atoms with E-state index in [1.54, 1.807) is 12.5 Å². The van der Waals surface area contributed by atoms with Crippen LogP contribution < -0.4 is 10.6 Å². The lowest BCUT2D eigenvalue weighted by Gasteiger charge is -2.08. The average Bonchev–Trinajstić information content (AvgIpc) is 2.49. The second-order valence-electron chi connectivity index (χ2n) is 3.88. The van der Waals surface area contributed by atoms with Crippen LogP contribution in [-0.4, -0.2) is 71.1 Å². The molecule has 23 heavy (non-hydrogen) atoms. The van der Waals surface area contributed by atoms with E-state index in [9.17, 15) is 19.2 Å². The summed E-state index contributed by atoms with van der Waals surface area (Å²) in [6.07, 6.45) is 3.29. The van der Waals surface area contributed by atoms with Gasteiger partial charge in [0.1, 0.15) is 5.25 Å². The first-order valence-electron chi connectivity index (χ1n) is 6.15. The van der Waals surface area contributed by atoms with Crippen LogP contribution in [0.15, 0.2) is 0 Å². The van der Waals surface area contributed by atoms with Gasteiger partial charge in [0.15, 0.2) is 0 Å². The molecular formula is C13H26N2O6S2. The maximum atomic E-state index is 10.9. The Labute approximate surface area is 145 Å². The number of rotatable bonds is 8. The third-order valence-electron chi connectivity index (χ3n) is 2.39. The number of carbonyl (C=O) groups is 4. The smallest absolute Gasteiger partial charge is 0.317 e. The molecule has 8 nitrogen and oxygen atoms in total. The van der Waals surface area contributed by atoms with Gasteiger partial charge in [0.05, 0.1) is 11.7 Å². The molecule has 0 fully saturated rings. The van der Waals surface area contributed by atoms with Crippen molar-refractivity contribution in [2.24, 2.45) is 0 Å². The predicted octanol–water partition coefficient (Wildman–Crippen LogP) is 0.514. The van der Waals surface area contributed by atoms with Crippen LogP contribution in [0.25, 0.3) is 0 Å². The van der Waals surface area contributed by atoms with Crippen LogP contribution >= 0.6 is 23.5 Å². The van der Waals surface area contributed by atoms with E-state index in [0.29, 0.717) is 0 Å². The van der Waals surface area contributed by atoms with Gasteiger partial charge < -0.3 is 20.8 Å². The Morgan fingerprint density at radius 1 is 0.913 bits per heavy atom. The van der Waals surface area contributed by atoms with Crippen molar-refractivity contribution in [1.82, 2.24) is 10.6 Å². The molecule has 136 valence electrons. The van der Waals surface area contributed by atoms with Gasteiger partial charge in [0.25, 0.3) is 0 Å². The summed E-state index contributed by atoms with van der Waals surface area (Å²) in [5.74, 6) is -2.37. The molecule has 0 aliphatic rings. The zero-order valence-corrected chi connectivity index (χ0v) is 14.5. The van der Waals surface area contributed by atoms with Crippen molar-refractivity contribution in [2.75, 3.05) is 26.6 Å². The minimum Gasteiger partial charge on any atom is -0.481 e. The molecule has 0 aromatic carbocycles. The topological polar surface area (TPSA) is 133 Å². The van der Waals surface area contributed by atoms with Crippen LogP contribution in [0.3, 0.4) is 0 Å². The Balaban J connectivity index is -0.000000333. The minimum atomic E-state index is -0.951. The fourth-order valence-corrected chi connectivity index (χ4v) is 2.31. The highest BCUT2D eigenvalue weighted by Crippen LogP contribution is 2.11. The van der Waals surface area contributed by atoms with Crippen LogP contribution in [-0.2, 0) is 19.2 Å². The molecule has 2 amide bonds. The van der Waals surface area contributed by atoms with Gasteiger partial charge in [-0.05, 0) is 12.5 Å². The van der Waals surface area contributed by atoms with Crippen molar-refractivity contribution in [3.63, 3.8) is 0 Å². The summed E-state index contributed by atoms with van der Waals surface area (Å²) in [6.45, 7) is 0. The fourth-order valence-electron chi connectivity index (χ4n) is 1.14. The normalized spacial score (nSPS) is 11.7. The van der Waals surface area contributed by atoms with E-state index >= 15 is 0 Å². The molecule has 0 saturated heterocycles. The summed E-state index contributed by atoms with van der Waals surface area (Å²) in [4.78, 5) is 42.2. The standard InChI is InChI=1S/2C6H11NO3S.CH4/c1-7-6(10)4(11-2)3-5(8)9;1-7-5(8)3-4(11-2)6(9)10;/h4H,3H2,1-2H3,(H,7,10)(H,8,9);4H,3H2,1-2H3,(H,7,8)(H,9,10);1H4. The van der Waals surface area contributed by atoms with Gasteiger partial charge in [-0.3, -0.25) is 19.2 Å². The lowest BCUT2D eigenvalue weighted by atomic mass is 10.3. The Morgan fingerprint density at radius 2 is 1.39 bits per heavy atom. The number of hydrogen-bond donors (Lipinski definition) is 4. The molecular weight excluding hydrogens is 344 g/mol. The zero-order valence-electron chi connectivity index (χ0n) is 12.9. The molecule has 0 aliphatic carbocycles. The van der Waals surface area contributed by atoms with Gasteiger partial charge in [0.2, 0.25) is 11.8 Å². The van der Waals surface area contributed by atoms with Gasteiger partial charge in [-0.2, -0.15) is 11.8 Å². The van der Waals surface area contributed by atoms with E-state index in [4.69, 9.17) is 10.2 Å². The zero-order chi connectivity index (χ0) is 17.7. The first kappa shape index (κ1) is 26.5. The maximum Gasteiger partial charge on any atom is 0.317 e. The Hall–Kier alpha value is -1.42. The molecule has 4 N–H and O–H groups in total. The van der Waals surface area contributed by atoms with Crippen molar-refractivity contribution in [1.29, 1.82) is 0 Å². The molecule has 0 saturated carbocycles. The van der Waals surface area contributed by atoms with Gasteiger partial charge in [-0.1, -0.05) is 7.43 Å². The lowest BCUT2D eigenvalue weighted by Crippen LogP contribution is -2.31. The Morgan fingerprint density at radius 3 is 1.65 bits per heavy atom. The van der Waals surface area contributed by atoms with Crippen molar-refractivity contribution < 1.29 is 29.4 Å². The van der Waals surface area contributed by atoms with Crippen molar-refractivity contribution >= 4 is 47.3 Å². The summed E-state index contributed by atoms with van der Waals surface area (Å²) < 4.78 is 0. The number of carboxylic acid groups (broad SMARTS) is 2. The first-order valence-corrected chi connectivity index (χ1v) is 8.73. The van der Waals surface area contributed by atoms with Crippen molar-refractivity contribution in [3.05, 3.63) is 0 Å². The average molecular weight is 370 g/mol. The summed E-state index contributed by atoms with van der Waals surface area (Å²) in [5.41, 5.74) is 0. The van der Waals surface area contributed by atoms with Crippen LogP contribution in [0.2, 0.25) is 0 Å². The molecule has 0 aliphatic heterocycles. The van der Waals surface area contributed by atoms with Crippen molar-refractivity contribution in [2.45, 2.75) is 30.8 Å². The molecule has 10 heteroatoms. The van der Waals surface area contributed by atoms with E-state index in [1.165, 1.54) is 25.9 Å². The van der Waals surface area contributed by atoms with Crippen molar-refractivity contribution in [3.8, 4) is 0 Å². The summed E-state index contributed by atoms with van der Waals surface area (Å²) in [6, 6.07) is 0. The number of hydrogen-bond acceptors (Lipinski definition) is 6. The predicted molar refractivity (Wildman–Crippen MR) is 94.0 cm³/mol. The number of thioether (sulfide) groups is 2. The quantitative estimate of drug-likeness (QED) is 0.486. The highest BCUT2D eigenvalue weighted by atomic mass is 32.2. The highest BCUT2D eigenvalue weighted by molar-refractivity contribution is 8.00. The second-order valence-corrected chi connectivity index (χ2v) is 5.96. The molecule has 0 bridgehead atoms. The van der Waals surface area contributed by atoms with Crippen LogP contribution in [0.1, 0.15) is 20.3 Å². The van der Waals surface area contributed by atoms with Gasteiger partial charge in [-0.15, -0.1) is 11.8 Å². The minimum absolute atomic E-state index is 0. The number of amides is 2. The lowest BCUT2D eigenvalue weighted by molar-refractivity contribution is -0.138.